The van der Waals surface area contributed by atoms with Crippen molar-refractivity contribution in [2.45, 2.75) is 6.92 Å². The fourth-order valence-corrected chi connectivity index (χ4v) is 2.35. The number of aromatic nitrogens is 4. The van der Waals surface area contributed by atoms with Crippen LogP contribution in [0.5, 0.6) is 5.75 Å². The van der Waals surface area contributed by atoms with Gasteiger partial charge >= 0.3 is 0 Å². The Morgan fingerprint density at radius 1 is 1.29 bits per heavy atom. The molecule has 0 unspecified atom stereocenters. The van der Waals surface area contributed by atoms with Crippen LogP contribution in [-0.4, -0.2) is 33.2 Å². The maximum Gasteiger partial charge on any atom is 0.255 e. The monoisotopic (exact) mass is 343 g/mol. The number of aryl methyl sites for hydroxylation is 1. The fourth-order valence-electron chi connectivity index (χ4n) is 2.19. The van der Waals surface area contributed by atoms with E-state index in [4.69, 9.17) is 16.3 Å². The third-order valence-electron chi connectivity index (χ3n) is 3.45. The summed E-state index contributed by atoms with van der Waals surface area (Å²) < 4.78 is 6.75. The summed E-state index contributed by atoms with van der Waals surface area (Å²) in [5, 5.41) is 14.4. The van der Waals surface area contributed by atoms with E-state index in [1.165, 1.54) is 18.1 Å². The largest absolute Gasteiger partial charge is 0.495 e. The Morgan fingerprint density at radius 3 is 2.83 bits per heavy atom. The Morgan fingerprint density at radius 2 is 2.12 bits per heavy atom. The molecule has 0 aliphatic rings. The highest BCUT2D eigenvalue weighted by atomic mass is 35.5. The molecule has 3 rings (SSSR count). The zero-order valence-corrected chi connectivity index (χ0v) is 13.8. The van der Waals surface area contributed by atoms with Crippen LogP contribution in [0.3, 0.4) is 0 Å². The number of methoxy groups -OCH3 is 1. The Labute approximate surface area is 143 Å². The summed E-state index contributed by atoms with van der Waals surface area (Å²) in [4.78, 5) is 12.5. The van der Waals surface area contributed by atoms with Gasteiger partial charge in [-0.15, -0.1) is 5.10 Å². The van der Waals surface area contributed by atoms with E-state index in [1.807, 2.05) is 6.92 Å². The Hall–Kier alpha value is -2.93. The van der Waals surface area contributed by atoms with Crippen molar-refractivity contribution in [2.24, 2.45) is 0 Å². The molecule has 0 saturated heterocycles. The maximum atomic E-state index is 12.5. The second kappa shape index (κ2) is 6.67. The molecule has 1 N–H and O–H groups in total. The van der Waals surface area contributed by atoms with E-state index < -0.39 is 0 Å². The zero-order chi connectivity index (χ0) is 17.1. The smallest absolute Gasteiger partial charge is 0.255 e. The quantitative estimate of drug-likeness (QED) is 0.787. The highest BCUT2D eigenvalue weighted by Gasteiger charge is 2.13. The molecule has 0 atom stereocenters. The normalized spacial score (nSPS) is 10.5. The molecule has 0 aliphatic carbocycles. The van der Waals surface area contributed by atoms with E-state index in [1.54, 1.807) is 36.4 Å². The fraction of sp³-hybridized carbons (Fsp3) is 0.125. The summed E-state index contributed by atoms with van der Waals surface area (Å²) >= 11 is 6.08. The van der Waals surface area contributed by atoms with Crippen LogP contribution in [0.25, 0.3) is 5.69 Å². The van der Waals surface area contributed by atoms with E-state index in [9.17, 15) is 4.79 Å². The molecule has 0 radical (unpaired) electrons. The van der Waals surface area contributed by atoms with Crippen molar-refractivity contribution in [3.63, 3.8) is 0 Å². The summed E-state index contributed by atoms with van der Waals surface area (Å²) in [5.41, 5.74) is 2.55. The number of anilines is 1. The van der Waals surface area contributed by atoms with Gasteiger partial charge in [-0.05, 0) is 47.2 Å². The van der Waals surface area contributed by atoms with Crippen molar-refractivity contribution in [1.29, 1.82) is 0 Å². The lowest BCUT2D eigenvalue weighted by molar-refractivity contribution is 0.102. The first-order valence-corrected chi connectivity index (χ1v) is 7.45. The Balaban J connectivity index is 1.88. The summed E-state index contributed by atoms with van der Waals surface area (Å²) in [5.74, 6) is 0.223. The molecule has 122 valence electrons. The molecule has 7 nitrogen and oxygen atoms in total. The lowest BCUT2D eigenvalue weighted by atomic mass is 10.1. The van der Waals surface area contributed by atoms with Gasteiger partial charge in [-0.3, -0.25) is 4.79 Å². The lowest BCUT2D eigenvalue weighted by Gasteiger charge is -2.12. The van der Waals surface area contributed by atoms with Crippen LogP contribution in [0.15, 0.2) is 42.7 Å². The first kappa shape index (κ1) is 15.9. The first-order chi connectivity index (χ1) is 11.6. The molecule has 2 aromatic carbocycles. The number of ether oxygens (including phenoxy) is 1. The second-order valence-corrected chi connectivity index (χ2v) is 5.47. The van der Waals surface area contributed by atoms with Crippen LogP contribution in [0, 0.1) is 6.92 Å². The Bertz CT molecular complexity index is 880. The van der Waals surface area contributed by atoms with Gasteiger partial charge < -0.3 is 10.1 Å². The molecule has 0 aliphatic heterocycles. The highest BCUT2D eigenvalue weighted by Crippen LogP contribution is 2.31. The van der Waals surface area contributed by atoms with Crippen LogP contribution >= 0.6 is 11.6 Å². The van der Waals surface area contributed by atoms with Gasteiger partial charge in [0.15, 0.2) is 0 Å². The van der Waals surface area contributed by atoms with Gasteiger partial charge in [0.2, 0.25) is 0 Å². The average molecular weight is 344 g/mol. The molecular weight excluding hydrogens is 330 g/mol. The third kappa shape index (κ3) is 3.21. The van der Waals surface area contributed by atoms with E-state index in [0.717, 1.165) is 5.56 Å². The second-order valence-electron chi connectivity index (χ2n) is 5.06. The number of hydrogen-bond acceptors (Lipinski definition) is 5. The average Bonchev–Trinajstić information content (AvgIpc) is 3.12. The van der Waals surface area contributed by atoms with E-state index >= 15 is 0 Å². The molecule has 1 amide bonds. The van der Waals surface area contributed by atoms with Crippen LogP contribution in [0.2, 0.25) is 5.02 Å². The standard InChI is InChI=1S/C16H14ClN5O2/c1-10-6-14(15(24-2)8-13(10)17)19-16(23)11-4-3-5-12(7-11)22-9-18-20-21-22/h3-9H,1-2H3,(H,19,23). The number of hydrogen-bond donors (Lipinski definition) is 1. The zero-order valence-electron chi connectivity index (χ0n) is 13.0. The molecule has 24 heavy (non-hydrogen) atoms. The molecule has 0 spiro atoms. The van der Waals surface area contributed by atoms with Crippen LogP contribution < -0.4 is 10.1 Å². The van der Waals surface area contributed by atoms with Crippen molar-refractivity contribution in [1.82, 2.24) is 20.2 Å². The van der Waals surface area contributed by atoms with Crippen LogP contribution in [-0.2, 0) is 0 Å². The number of rotatable bonds is 4. The van der Waals surface area contributed by atoms with Gasteiger partial charge in [0.25, 0.3) is 5.91 Å². The minimum Gasteiger partial charge on any atom is -0.495 e. The van der Waals surface area contributed by atoms with Gasteiger partial charge in [-0.1, -0.05) is 17.7 Å². The highest BCUT2D eigenvalue weighted by molar-refractivity contribution is 6.31. The van der Waals surface area contributed by atoms with E-state index in [0.29, 0.717) is 27.7 Å². The summed E-state index contributed by atoms with van der Waals surface area (Å²) in [6.45, 7) is 1.86. The topological polar surface area (TPSA) is 81.9 Å². The van der Waals surface area contributed by atoms with Gasteiger partial charge in [0, 0.05) is 16.7 Å². The molecule has 0 bridgehead atoms. The molecular formula is C16H14ClN5O2. The van der Waals surface area contributed by atoms with Crippen LogP contribution in [0.4, 0.5) is 5.69 Å². The van der Waals surface area contributed by atoms with Gasteiger partial charge in [0.05, 0.1) is 18.5 Å². The predicted molar refractivity (Wildman–Crippen MR) is 89.8 cm³/mol. The summed E-state index contributed by atoms with van der Waals surface area (Å²) in [7, 11) is 1.52. The number of amides is 1. The van der Waals surface area contributed by atoms with E-state index in [2.05, 4.69) is 20.8 Å². The van der Waals surface area contributed by atoms with Gasteiger partial charge in [0.1, 0.15) is 12.1 Å². The molecule has 0 saturated carbocycles. The maximum absolute atomic E-state index is 12.5. The molecule has 3 aromatic rings. The molecule has 0 fully saturated rings. The summed E-state index contributed by atoms with van der Waals surface area (Å²) in [6.07, 6.45) is 1.46. The van der Waals surface area contributed by atoms with Crippen molar-refractivity contribution in [2.75, 3.05) is 12.4 Å². The minimum absolute atomic E-state index is 0.273. The number of nitrogens with one attached hydrogen (secondary N) is 1. The first-order valence-electron chi connectivity index (χ1n) is 7.07. The number of tetrazole rings is 1. The van der Waals surface area contributed by atoms with E-state index in [-0.39, 0.29) is 5.91 Å². The third-order valence-corrected chi connectivity index (χ3v) is 3.86. The van der Waals surface area contributed by atoms with Crippen molar-refractivity contribution in [3.8, 4) is 11.4 Å². The Kier molecular flexibility index (Phi) is 4.43. The van der Waals surface area contributed by atoms with Crippen molar-refractivity contribution in [3.05, 3.63) is 58.9 Å². The predicted octanol–water partition coefficient (Wildman–Crippen LogP) is 2.89. The molecule has 1 aromatic heterocycles. The van der Waals surface area contributed by atoms with Gasteiger partial charge in [-0.2, -0.15) is 0 Å². The number of halogens is 1. The number of carbonyl (C=O) groups is 1. The minimum atomic E-state index is -0.273. The molecule has 1 heterocycles. The van der Waals surface area contributed by atoms with Crippen LogP contribution in [0.1, 0.15) is 15.9 Å². The number of benzene rings is 2. The number of nitrogens with zero attached hydrogens (tertiary/aromatic N) is 4. The summed E-state index contributed by atoms with van der Waals surface area (Å²) in [6, 6.07) is 10.4. The number of carbonyl (C=O) groups excluding carboxylic acids is 1. The van der Waals surface area contributed by atoms with Crippen molar-refractivity contribution >= 4 is 23.2 Å². The molecule has 8 heteroatoms. The lowest BCUT2D eigenvalue weighted by Crippen LogP contribution is -2.13. The van der Waals surface area contributed by atoms with Gasteiger partial charge in [-0.25, -0.2) is 4.68 Å². The van der Waals surface area contributed by atoms with Crippen molar-refractivity contribution < 1.29 is 9.53 Å². The SMILES string of the molecule is COc1cc(Cl)c(C)cc1NC(=O)c1cccc(-n2cnnn2)c1.